The molecule has 0 saturated heterocycles. The molecule has 0 amide bonds. The number of halogens is 1. The molecule has 7 heteroatoms. The van der Waals surface area contributed by atoms with Crippen LogP contribution in [0.5, 0.6) is 0 Å². The van der Waals surface area contributed by atoms with Gasteiger partial charge >= 0.3 is 0 Å². The van der Waals surface area contributed by atoms with Crippen LogP contribution in [0, 0.1) is 10.1 Å². The van der Waals surface area contributed by atoms with Crippen molar-refractivity contribution in [3.05, 3.63) is 75.3 Å². The first-order chi connectivity index (χ1) is 12.5. The summed E-state index contributed by atoms with van der Waals surface area (Å²) in [6.45, 7) is 0. The topological polar surface area (TPSA) is 77.3 Å². The van der Waals surface area contributed by atoms with Crippen molar-refractivity contribution in [2.24, 2.45) is 0 Å². The highest BCUT2D eigenvalue weighted by Gasteiger charge is 2.27. The second-order valence-electron chi connectivity index (χ2n) is 5.63. The maximum Gasteiger partial charge on any atom is 0.283 e. The molecular formula is C19H14INO4S. The summed E-state index contributed by atoms with van der Waals surface area (Å²) in [5.41, 5.74) is 1.24. The van der Waals surface area contributed by atoms with Crippen molar-refractivity contribution in [1.29, 1.82) is 0 Å². The summed E-state index contributed by atoms with van der Waals surface area (Å²) < 4.78 is 0.986. The Kier molecular flexibility index (Phi) is 5.87. The molecule has 0 bridgehead atoms. The zero-order valence-corrected chi connectivity index (χ0v) is 16.6. The lowest BCUT2D eigenvalue weighted by molar-refractivity contribution is -0.387. The monoisotopic (exact) mass is 479 g/mol. The average Bonchev–Trinajstić information content (AvgIpc) is 2.65. The average molecular weight is 479 g/mol. The third kappa shape index (κ3) is 3.73. The maximum atomic E-state index is 12.7. The van der Waals surface area contributed by atoms with Crippen LogP contribution >= 0.6 is 34.4 Å². The molecule has 3 rings (SSSR count). The van der Waals surface area contributed by atoms with Crippen LogP contribution in [-0.2, 0) is 0 Å². The Bertz CT molecular complexity index is 939. The Morgan fingerprint density at radius 3 is 2.50 bits per heavy atom. The highest BCUT2D eigenvalue weighted by molar-refractivity contribution is 14.1. The van der Waals surface area contributed by atoms with E-state index in [4.69, 9.17) is 0 Å². The first-order valence-electron chi connectivity index (χ1n) is 7.90. The molecule has 0 atom stereocenters. The van der Waals surface area contributed by atoms with Crippen molar-refractivity contribution < 1.29 is 14.5 Å². The van der Waals surface area contributed by atoms with E-state index in [1.165, 1.54) is 23.9 Å². The number of nitro groups is 1. The molecule has 5 nitrogen and oxygen atoms in total. The number of allylic oxidation sites excluding steroid dienone is 2. The van der Waals surface area contributed by atoms with Gasteiger partial charge < -0.3 is 0 Å². The molecule has 132 valence electrons. The Balaban J connectivity index is 2.00. The summed E-state index contributed by atoms with van der Waals surface area (Å²) in [5.74, 6) is 0.231. The van der Waals surface area contributed by atoms with Crippen LogP contribution in [0.25, 0.3) is 5.57 Å². The first-order valence-corrected chi connectivity index (χ1v) is 10.4. The molecule has 0 saturated carbocycles. The van der Waals surface area contributed by atoms with E-state index in [2.05, 4.69) is 22.6 Å². The molecule has 0 N–H and O–H groups in total. The van der Waals surface area contributed by atoms with Gasteiger partial charge in [-0.25, -0.2) is 0 Å². The molecule has 0 fully saturated rings. The third-order valence-electron chi connectivity index (χ3n) is 3.96. The minimum absolute atomic E-state index is 0.0408. The van der Waals surface area contributed by atoms with E-state index in [1.807, 2.05) is 0 Å². The number of thioether (sulfide) groups is 1. The van der Waals surface area contributed by atoms with E-state index >= 15 is 0 Å². The Hall–Kier alpha value is -2.00. The predicted octanol–water partition coefficient (Wildman–Crippen LogP) is 4.97. The van der Waals surface area contributed by atoms with Gasteiger partial charge in [-0.3, -0.25) is 19.7 Å². The summed E-state index contributed by atoms with van der Waals surface area (Å²) in [5, 5.41) is 11.5. The first kappa shape index (κ1) is 18.8. The van der Waals surface area contributed by atoms with Crippen LogP contribution in [0.15, 0.2) is 53.4 Å². The van der Waals surface area contributed by atoms with Gasteiger partial charge in [0.15, 0.2) is 11.6 Å². The summed E-state index contributed by atoms with van der Waals surface area (Å²) >= 11 is 3.69. The molecule has 0 radical (unpaired) electrons. The molecule has 0 aliphatic heterocycles. The van der Waals surface area contributed by atoms with Crippen LogP contribution in [-0.4, -0.2) is 26.7 Å². The zero-order chi connectivity index (χ0) is 18.7. The smallest absolute Gasteiger partial charge is 0.283 e. The van der Waals surface area contributed by atoms with E-state index in [1.54, 1.807) is 36.4 Å². The number of Topliss-reactive ketones (excluding diaryl/α,β-unsaturated/α-hetero) is 1. The highest BCUT2D eigenvalue weighted by atomic mass is 127. The molecule has 0 aromatic heterocycles. The number of hydrogen-bond donors (Lipinski definition) is 0. The summed E-state index contributed by atoms with van der Waals surface area (Å²) in [6, 6.07) is 11.3. The summed E-state index contributed by atoms with van der Waals surface area (Å²) in [4.78, 5) is 36.6. The SMILES string of the molecule is O=C1C=C(c2ccc(SCCCI)c([N+](=O)[O-])c2)C(=O)c2ccccc21. The van der Waals surface area contributed by atoms with E-state index in [0.717, 1.165) is 16.6 Å². The lowest BCUT2D eigenvalue weighted by atomic mass is 9.86. The minimum Gasteiger partial charge on any atom is -0.289 e. The van der Waals surface area contributed by atoms with Gasteiger partial charge in [-0.05, 0) is 29.9 Å². The van der Waals surface area contributed by atoms with Crippen molar-refractivity contribution in [3.63, 3.8) is 0 Å². The number of benzene rings is 2. The number of fused-ring (bicyclic) bond motifs is 1. The van der Waals surface area contributed by atoms with Gasteiger partial charge in [-0.2, -0.15) is 0 Å². The van der Waals surface area contributed by atoms with Crippen molar-refractivity contribution >= 4 is 57.2 Å². The van der Waals surface area contributed by atoms with E-state index in [9.17, 15) is 19.7 Å². The van der Waals surface area contributed by atoms with Gasteiger partial charge in [-0.15, -0.1) is 11.8 Å². The fourth-order valence-corrected chi connectivity index (χ4v) is 4.57. The standard InChI is InChI=1S/C19H14INO4S/c20-8-3-9-26-18-7-6-12(10-16(18)21(24)25)15-11-17(22)13-4-1-2-5-14(13)19(15)23/h1-2,4-7,10-11H,3,8-9H2. The van der Waals surface area contributed by atoms with Crippen LogP contribution in [0.3, 0.4) is 0 Å². The number of ketones is 2. The second kappa shape index (κ2) is 8.13. The predicted molar refractivity (Wildman–Crippen MR) is 110 cm³/mol. The van der Waals surface area contributed by atoms with Crippen molar-refractivity contribution in [2.75, 3.05) is 10.2 Å². The van der Waals surface area contributed by atoms with E-state index < -0.39 is 4.92 Å². The van der Waals surface area contributed by atoms with Crippen LogP contribution in [0.2, 0.25) is 0 Å². The van der Waals surface area contributed by atoms with Gasteiger partial charge in [0.2, 0.25) is 0 Å². The zero-order valence-electron chi connectivity index (χ0n) is 13.6. The summed E-state index contributed by atoms with van der Waals surface area (Å²) in [7, 11) is 0. The Morgan fingerprint density at radius 2 is 1.81 bits per heavy atom. The Morgan fingerprint density at radius 1 is 1.08 bits per heavy atom. The highest BCUT2D eigenvalue weighted by Crippen LogP contribution is 2.35. The number of nitrogens with zero attached hydrogens (tertiary/aromatic N) is 1. The normalized spacial score (nSPS) is 13.3. The quantitative estimate of drug-likeness (QED) is 0.146. The van der Waals surface area contributed by atoms with Gasteiger partial charge in [0.05, 0.1) is 9.82 Å². The molecule has 2 aromatic carbocycles. The molecule has 26 heavy (non-hydrogen) atoms. The second-order valence-corrected chi connectivity index (χ2v) is 7.84. The number of rotatable bonds is 6. The van der Waals surface area contributed by atoms with Crippen LogP contribution < -0.4 is 0 Å². The molecular weight excluding hydrogens is 465 g/mol. The van der Waals surface area contributed by atoms with Crippen molar-refractivity contribution in [3.8, 4) is 0 Å². The number of carbonyl (C=O) groups is 2. The lowest BCUT2D eigenvalue weighted by Gasteiger charge is -2.15. The number of carbonyl (C=O) groups excluding carboxylic acids is 2. The fourth-order valence-electron chi connectivity index (χ4n) is 2.72. The summed E-state index contributed by atoms with van der Waals surface area (Å²) in [6.07, 6.45) is 2.23. The number of hydrogen-bond acceptors (Lipinski definition) is 5. The molecule has 0 heterocycles. The van der Waals surface area contributed by atoms with Gasteiger partial charge in [0.1, 0.15) is 0 Å². The number of nitro benzene ring substituents is 1. The molecule has 1 aliphatic rings. The maximum absolute atomic E-state index is 12.7. The van der Waals surface area contributed by atoms with E-state index in [-0.39, 0.29) is 22.8 Å². The molecule has 0 spiro atoms. The number of alkyl halides is 1. The lowest BCUT2D eigenvalue weighted by Crippen LogP contribution is -2.16. The largest absolute Gasteiger partial charge is 0.289 e. The fraction of sp³-hybridized carbons (Fsp3) is 0.158. The van der Waals surface area contributed by atoms with Gasteiger partial charge in [0.25, 0.3) is 5.69 Å². The van der Waals surface area contributed by atoms with Crippen molar-refractivity contribution in [2.45, 2.75) is 11.3 Å². The third-order valence-corrected chi connectivity index (χ3v) is 5.87. The van der Waals surface area contributed by atoms with Gasteiger partial charge in [-0.1, -0.05) is 52.9 Å². The molecule has 2 aromatic rings. The minimum atomic E-state index is -0.445. The van der Waals surface area contributed by atoms with Crippen LogP contribution in [0.1, 0.15) is 32.7 Å². The molecule has 1 aliphatic carbocycles. The molecule has 0 unspecified atom stereocenters. The van der Waals surface area contributed by atoms with Gasteiger partial charge in [0, 0.05) is 27.2 Å². The van der Waals surface area contributed by atoms with Crippen molar-refractivity contribution in [1.82, 2.24) is 0 Å². The Labute approximate surface area is 168 Å². The van der Waals surface area contributed by atoms with E-state index in [0.29, 0.717) is 21.6 Å². The van der Waals surface area contributed by atoms with Crippen LogP contribution in [0.4, 0.5) is 5.69 Å².